The molecule has 0 aromatic heterocycles. The molecule has 0 aliphatic carbocycles. The van der Waals surface area contributed by atoms with Gasteiger partial charge >= 0.3 is 5.97 Å². The normalized spacial score (nSPS) is 15.5. The van der Waals surface area contributed by atoms with Gasteiger partial charge in [-0.3, -0.25) is 4.72 Å². The number of anilines is 2. The zero-order valence-electron chi connectivity index (χ0n) is 16.4. The van der Waals surface area contributed by atoms with E-state index < -0.39 is 16.0 Å². The lowest BCUT2D eigenvalue weighted by Gasteiger charge is -2.32. The number of carboxylic acid groups (broad SMARTS) is 1. The van der Waals surface area contributed by atoms with Crippen molar-refractivity contribution in [3.63, 3.8) is 0 Å². The minimum atomic E-state index is -3.89. The number of sulfonamides is 1. The molecule has 0 radical (unpaired) electrons. The SMILES string of the molecule is Cc1ccc(C)c(S(=O)(=O)Nc2ccc(N3CCC(C)CC3)cc2C(=O)O)c1. The maximum absolute atomic E-state index is 12.9. The fraction of sp³-hybridized carbons (Fsp3) is 0.381. The van der Waals surface area contributed by atoms with Gasteiger partial charge in [-0.05, 0) is 68.0 Å². The summed E-state index contributed by atoms with van der Waals surface area (Å²) in [5, 5.41) is 9.64. The summed E-state index contributed by atoms with van der Waals surface area (Å²) < 4.78 is 28.2. The van der Waals surface area contributed by atoms with Crippen LogP contribution in [-0.4, -0.2) is 32.6 Å². The highest BCUT2D eigenvalue weighted by atomic mass is 32.2. The van der Waals surface area contributed by atoms with Gasteiger partial charge < -0.3 is 10.0 Å². The fourth-order valence-electron chi connectivity index (χ4n) is 3.46. The van der Waals surface area contributed by atoms with E-state index in [0.717, 1.165) is 37.2 Å². The highest BCUT2D eigenvalue weighted by molar-refractivity contribution is 7.92. The van der Waals surface area contributed by atoms with E-state index >= 15 is 0 Å². The van der Waals surface area contributed by atoms with Crippen molar-refractivity contribution in [1.29, 1.82) is 0 Å². The first-order chi connectivity index (χ1) is 13.2. The first-order valence-corrected chi connectivity index (χ1v) is 10.9. The van der Waals surface area contributed by atoms with Crippen LogP contribution in [0.3, 0.4) is 0 Å². The molecule has 28 heavy (non-hydrogen) atoms. The summed E-state index contributed by atoms with van der Waals surface area (Å²) >= 11 is 0. The number of rotatable bonds is 5. The molecule has 2 aromatic rings. The van der Waals surface area contributed by atoms with Crippen molar-refractivity contribution in [3.05, 3.63) is 53.1 Å². The summed E-state index contributed by atoms with van der Waals surface area (Å²) in [6.45, 7) is 7.48. The molecule has 1 aliphatic heterocycles. The van der Waals surface area contributed by atoms with Gasteiger partial charge in [0.1, 0.15) is 0 Å². The van der Waals surface area contributed by atoms with Crippen LogP contribution in [0, 0.1) is 19.8 Å². The maximum Gasteiger partial charge on any atom is 0.337 e. The lowest BCUT2D eigenvalue weighted by molar-refractivity contribution is 0.0698. The van der Waals surface area contributed by atoms with Crippen LogP contribution in [0.5, 0.6) is 0 Å². The highest BCUT2D eigenvalue weighted by Gasteiger charge is 2.23. The van der Waals surface area contributed by atoms with E-state index in [2.05, 4.69) is 16.5 Å². The fourth-order valence-corrected chi connectivity index (χ4v) is 4.87. The number of piperidine rings is 1. The average Bonchev–Trinajstić information content (AvgIpc) is 2.64. The molecule has 2 N–H and O–H groups in total. The number of hydrogen-bond acceptors (Lipinski definition) is 4. The molecule has 0 unspecified atom stereocenters. The topological polar surface area (TPSA) is 86.7 Å². The third-order valence-corrected chi connectivity index (χ3v) is 6.77. The molecule has 1 fully saturated rings. The molecular weight excluding hydrogens is 376 g/mol. The van der Waals surface area contributed by atoms with Crippen molar-refractivity contribution in [3.8, 4) is 0 Å². The third-order valence-electron chi connectivity index (χ3n) is 5.26. The summed E-state index contributed by atoms with van der Waals surface area (Å²) in [5.41, 5.74) is 2.25. The van der Waals surface area contributed by atoms with Gasteiger partial charge in [0.2, 0.25) is 0 Å². The van der Waals surface area contributed by atoms with Crippen LogP contribution in [0.1, 0.15) is 41.3 Å². The summed E-state index contributed by atoms with van der Waals surface area (Å²) in [7, 11) is -3.89. The summed E-state index contributed by atoms with van der Waals surface area (Å²) in [5.74, 6) is -0.496. The van der Waals surface area contributed by atoms with Gasteiger partial charge in [-0.2, -0.15) is 0 Å². The highest BCUT2D eigenvalue weighted by Crippen LogP contribution is 2.29. The van der Waals surface area contributed by atoms with Crippen molar-refractivity contribution in [2.45, 2.75) is 38.5 Å². The third kappa shape index (κ3) is 4.30. The summed E-state index contributed by atoms with van der Waals surface area (Å²) in [6, 6.07) is 10.0. The summed E-state index contributed by atoms with van der Waals surface area (Å²) in [4.78, 5) is 14.1. The van der Waals surface area contributed by atoms with E-state index in [4.69, 9.17) is 0 Å². The molecule has 0 spiro atoms. The molecule has 6 nitrogen and oxygen atoms in total. The smallest absolute Gasteiger partial charge is 0.337 e. The van der Waals surface area contributed by atoms with E-state index in [0.29, 0.717) is 11.5 Å². The predicted octanol–water partition coefficient (Wildman–Crippen LogP) is 4.04. The van der Waals surface area contributed by atoms with Crippen LogP contribution in [0.15, 0.2) is 41.3 Å². The molecule has 0 saturated carbocycles. The van der Waals surface area contributed by atoms with Gasteiger partial charge in [0, 0.05) is 18.8 Å². The van der Waals surface area contributed by atoms with Gasteiger partial charge in [-0.1, -0.05) is 19.1 Å². The molecule has 7 heteroatoms. The summed E-state index contributed by atoms with van der Waals surface area (Å²) in [6.07, 6.45) is 2.12. The molecule has 1 heterocycles. The van der Waals surface area contributed by atoms with Gasteiger partial charge in [0.15, 0.2) is 0 Å². The van der Waals surface area contributed by atoms with Crippen LogP contribution >= 0.6 is 0 Å². The van der Waals surface area contributed by atoms with Crippen LogP contribution in [-0.2, 0) is 10.0 Å². The van der Waals surface area contributed by atoms with Crippen molar-refractivity contribution in [2.24, 2.45) is 5.92 Å². The van der Waals surface area contributed by atoms with Crippen LogP contribution in [0.2, 0.25) is 0 Å². The molecule has 0 atom stereocenters. The predicted molar refractivity (Wildman–Crippen MR) is 111 cm³/mol. The molecule has 150 valence electrons. The molecule has 0 bridgehead atoms. The zero-order valence-corrected chi connectivity index (χ0v) is 17.2. The Morgan fingerprint density at radius 2 is 1.79 bits per heavy atom. The van der Waals surface area contributed by atoms with E-state index in [1.165, 1.54) is 0 Å². The maximum atomic E-state index is 12.9. The Hall–Kier alpha value is -2.54. The van der Waals surface area contributed by atoms with Gasteiger partial charge in [-0.15, -0.1) is 0 Å². The molecule has 0 amide bonds. The first kappa shape index (κ1) is 20.2. The Morgan fingerprint density at radius 3 is 2.43 bits per heavy atom. The number of carboxylic acids is 1. The second-order valence-electron chi connectivity index (χ2n) is 7.58. The Bertz CT molecular complexity index is 993. The Morgan fingerprint density at radius 1 is 1.11 bits per heavy atom. The quantitative estimate of drug-likeness (QED) is 0.788. The number of carbonyl (C=O) groups is 1. The molecule has 3 rings (SSSR count). The van der Waals surface area contributed by atoms with E-state index in [-0.39, 0.29) is 16.1 Å². The Balaban J connectivity index is 1.93. The van der Waals surface area contributed by atoms with Crippen molar-refractivity contribution in [1.82, 2.24) is 0 Å². The van der Waals surface area contributed by atoms with Crippen molar-refractivity contribution in [2.75, 3.05) is 22.7 Å². The number of benzene rings is 2. The van der Waals surface area contributed by atoms with Gasteiger partial charge in [0.25, 0.3) is 10.0 Å². The van der Waals surface area contributed by atoms with Gasteiger partial charge in [-0.25, -0.2) is 13.2 Å². The molecule has 1 saturated heterocycles. The van der Waals surface area contributed by atoms with Crippen LogP contribution in [0.4, 0.5) is 11.4 Å². The number of hydrogen-bond donors (Lipinski definition) is 2. The van der Waals surface area contributed by atoms with E-state index in [9.17, 15) is 18.3 Å². The van der Waals surface area contributed by atoms with Crippen LogP contribution in [0.25, 0.3) is 0 Å². The Labute approximate surface area is 166 Å². The van der Waals surface area contributed by atoms with Crippen LogP contribution < -0.4 is 9.62 Å². The second kappa shape index (κ2) is 7.83. The Kier molecular flexibility index (Phi) is 5.65. The molecular formula is C21H26N2O4S. The largest absolute Gasteiger partial charge is 0.478 e. The van der Waals surface area contributed by atoms with E-state index in [1.54, 1.807) is 37.3 Å². The monoisotopic (exact) mass is 402 g/mol. The minimum absolute atomic E-state index is 0.0509. The van der Waals surface area contributed by atoms with Crippen molar-refractivity contribution >= 4 is 27.4 Å². The lowest BCUT2D eigenvalue weighted by atomic mass is 9.98. The average molecular weight is 403 g/mol. The number of aryl methyl sites for hydroxylation is 2. The molecule has 2 aromatic carbocycles. The second-order valence-corrected chi connectivity index (χ2v) is 9.23. The van der Waals surface area contributed by atoms with Crippen molar-refractivity contribution < 1.29 is 18.3 Å². The minimum Gasteiger partial charge on any atom is -0.478 e. The number of nitrogens with one attached hydrogen (secondary N) is 1. The zero-order chi connectivity index (χ0) is 20.5. The standard InChI is InChI=1S/C21H26N2O4S/c1-14-8-10-23(11-9-14)17-6-7-19(18(13-17)21(24)25)22-28(26,27)20-12-15(2)4-5-16(20)3/h4-7,12-14,22H,8-11H2,1-3H3,(H,24,25). The first-order valence-electron chi connectivity index (χ1n) is 9.40. The number of nitrogens with zero attached hydrogens (tertiary/aromatic N) is 1. The number of aromatic carboxylic acids is 1. The molecule has 1 aliphatic rings. The lowest BCUT2D eigenvalue weighted by Crippen LogP contribution is -2.32. The van der Waals surface area contributed by atoms with E-state index in [1.807, 2.05) is 13.0 Å². The van der Waals surface area contributed by atoms with Gasteiger partial charge in [0.05, 0.1) is 16.1 Å².